The van der Waals surface area contributed by atoms with Crippen LogP contribution >= 0.6 is 0 Å². The minimum Gasteiger partial charge on any atom is -0.481 e. The van der Waals surface area contributed by atoms with Gasteiger partial charge in [0.2, 0.25) is 11.8 Å². The molecule has 6 nitrogen and oxygen atoms in total. The van der Waals surface area contributed by atoms with Gasteiger partial charge < -0.3 is 15.7 Å². The van der Waals surface area contributed by atoms with E-state index in [1.165, 1.54) is 4.90 Å². The van der Waals surface area contributed by atoms with Crippen LogP contribution in [0.2, 0.25) is 0 Å². The van der Waals surface area contributed by atoms with Crippen LogP contribution in [0.25, 0.3) is 0 Å². The summed E-state index contributed by atoms with van der Waals surface area (Å²) in [5.41, 5.74) is 5.18. The Bertz CT molecular complexity index is 395. The van der Waals surface area contributed by atoms with E-state index in [0.29, 0.717) is 19.4 Å². The molecule has 1 aliphatic carbocycles. The third kappa shape index (κ3) is 4.21. The van der Waals surface area contributed by atoms with Gasteiger partial charge in [-0.05, 0) is 24.7 Å². The van der Waals surface area contributed by atoms with Gasteiger partial charge in [0, 0.05) is 6.54 Å². The number of hydrogen-bond donors (Lipinski definition) is 2. The maximum absolute atomic E-state index is 12.5. The highest BCUT2D eigenvalue weighted by Gasteiger charge is 2.43. The third-order valence-electron chi connectivity index (χ3n) is 3.68. The second-order valence-corrected chi connectivity index (χ2v) is 6.21. The summed E-state index contributed by atoms with van der Waals surface area (Å²) in [7, 11) is 0. The molecular formula is C14H24N2O4. The molecule has 0 aromatic rings. The monoisotopic (exact) mass is 284 g/mol. The summed E-state index contributed by atoms with van der Waals surface area (Å²) in [6.45, 7) is 6.10. The highest BCUT2D eigenvalue weighted by atomic mass is 16.4. The van der Waals surface area contributed by atoms with E-state index in [-0.39, 0.29) is 24.3 Å². The van der Waals surface area contributed by atoms with Gasteiger partial charge in [-0.15, -0.1) is 0 Å². The summed E-state index contributed by atoms with van der Waals surface area (Å²) >= 11 is 0. The summed E-state index contributed by atoms with van der Waals surface area (Å²) in [5, 5.41) is 9.23. The van der Waals surface area contributed by atoms with Gasteiger partial charge in [0.25, 0.3) is 0 Å². The quantitative estimate of drug-likeness (QED) is 0.749. The number of primary amides is 1. The fourth-order valence-corrected chi connectivity index (χ4v) is 2.93. The van der Waals surface area contributed by atoms with Crippen molar-refractivity contribution in [3.05, 3.63) is 0 Å². The van der Waals surface area contributed by atoms with Crippen molar-refractivity contribution in [3.63, 3.8) is 0 Å². The largest absolute Gasteiger partial charge is 0.481 e. The number of carboxylic acid groups (broad SMARTS) is 1. The number of aliphatic carboxylic acids is 1. The van der Waals surface area contributed by atoms with Crippen LogP contribution in [-0.4, -0.2) is 40.9 Å². The average Bonchev–Trinajstić information content (AvgIpc) is 2.68. The van der Waals surface area contributed by atoms with Gasteiger partial charge in [0.05, 0.1) is 18.4 Å². The molecule has 3 N–H and O–H groups in total. The normalized spacial score (nSPS) is 25.7. The van der Waals surface area contributed by atoms with Crippen LogP contribution < -0.4 is 5.73 Å². The van der Waals surface area contributed by atoms with E-state index in [0.717, 1.165) is 0 Å². The van der Waals surface area contributed by atoms with Crippen LogP contribution in [0, 0.1) is 23.7 Å². The minimum atomic E-state index is -0.934. The van der Waals surface area contributed by atoms with Crippen molar-refractivity contribution in [1.29, 1.82) is 0 Å². The van der Waals surface area contributed by atoms with Crippen molar-refractivity contribution in [3.8, 4) is 0 Å². The van der Waals surface area contributed by atoms with Crippen molar-refractivity contribution in [2.75, 3.05) is 13.1 Å². The van der Waals surface area contributed by atoms with Gasteiger partial charge in [-0.3, -0.25) is 14.4 Å². The van der Waals surface area contributed by atoms with Gasteiger partial charge in [-0.25, -0.2) is 0 Å². The molecule has 1 fully saturated rings. The molecule has 1 rings (SSSR count). The number of nitrogens with two attached hydrogens (primary N) is 1. The van der Waals surface area contributed by atoms with E-state index >= 15 is 0 Å². The highest BCUT2D eigenvalue weighted by molar-refractivity contribution is 5.88. The first-order valence-corrected chi connectivity index (χ1v) is 7.02. The van der Waals surface area contributed by atoms with Crippen LogP contribution in [0.15, 0.2) is 0 Å². The Hall–Kier alpha value is -1.59. The summed E-state index contributed by atoms with van der Waals surface area (Å²) in [5.74, 6) is -2.55. The molecule has 0 bridgehead atoms. The molecule has 0 aromatic carbocycles. The Morgan fingerprint density at radius 3 is 2.25 bits per heavy atom. The predicted octanol–water partition coefficient (Wildman–Crippen LogP) is 0.703. The molecule has 1 saturated carbocycles. The van der Waals surface area contributed by atoms with Crippen molar-refractivity contribution >= 4 is 17.8 Å². The number of carboxylic acids is 1. The van der Waals surface area contributed by atoms with Crippen molar-refractivity contribution in [2.24, 2.45) is 29.4 Å². The topological polar surface area (TPSA) is 101 Å². The molecule has 1 aliphatic rings. The Labute approximate surface area is 119 Å². The zero-order chi connectivity index (χ0) is 15.4. The fourth-order valence-electron chi connectivity index (χ4n) is 2.93. The van der Waals surface area contributed by atoms with Crippen molar-refractivity contribution in [1.82, 2.24) is 4.90 Å². The molecule has 3 atom stereocenters. The van der Waals surface area contributed by atoms with E-state index in [1.54, 1.807) is 0 Å². The molecule has 0 saturated heterocycles. The maximum atomic E-state index is 12.5. The number of rotatable bonds is 6. The van der Waals surface area contributed by atoms with E-state index in [4.69, 9.17) is 5.73 Å². The second kappa shape index (κ2) is 6.72. The zero-order valence-corrected chi connectivity index (χ0v) is 12.3. The lowest BCUT2D eigenvalue weighted by Gasteiger charge is -2.27. The fraction of sp³-hybridized carbons (Fsp3) is 0.786. The third-order valence-corrected chi connectivity index (χ3v) is 3.68. The van der Waals surface area contributed by atoms with Gasteiger partial charge in [0.1, 0.15) is 0 Å². The SMILES string of the molecule is CC(C)CN(CC(N)=O)C(=O)[C@H]1CC(C)C[C@H]1C(=O)O. The lowest BCUT2D eigenvalue weighted by Crippen LogP contribution is -2.45. The first-order valence-electron chi connectivity index (χ1n) is 7.02. The molecule has 114 valence electrons. The lowest BCUT2D eigenvalue weighted by atomic mass is 9.94. The Morgan fingerprint density at radius 2 is 1.80 bits per heavy atom. The lowest BCUT2D eigenvalue weighted by molar-refractivity contribution is -0.149. The summed E-state index contributed by atoms with van der Waals surface area (Å²) < 4.78 is 0. The minimum absolute atomic E-state index is 0.145. The highest BCUT2D eigenvalue weighted by Crippen LogP contribution is 2.37. The van der Waals surface area contributed by atoms with Crippen LogP contribution in [0.3, 0.4) is 0 Å². The molecule has 20 heavy (non-hydrogen) atoms. The number of nitrogens with zero attached hydrogens (tertiary/aromatic N) is 1. The van der Waals surface area contributed by atoms with Gasteiger partial charge in [-0.1, -0.05) is 20.8 Å². The number of amides is 2. The second-order valence-electron chi connectivity index (χ2n) is 6.21. The summed E-state index contributed by atoms with van der Waals surface area (Å²) in [6, 6.07) is 0. The van der Waals surface area contributed by atoms with Crippen LogP contribution in [0.4, 0.5) is 0 Å². The van der Waals surface area contributed by atoms with Gasteiger partial charge in [0.15, 0.2) is 0 Å². The molecule has 1 unspecified atom stereocenters. The van der Waals surface area contributed by atoms with Crippen molar-refractivity contribution < 1.29 is 19.5 Å². The molecule has 0 radical (unpaired) electrons. The summed E-state index contributed by atoms with van der Waals surface area (Å²) in [6.07, 6.45) is 1.07. The van der Waals surface area contributed by atoms with Crippen LogP contribution in [0.5, 0.6) is 0 Å². The first-order chi connectivity index (χ1) is 9.22. The number of hydrogen-bond acceptors (Lipinski definition) is 3. The Morgan fingerprint density at radius 1 is 1.25 bits per heavy atom. The Balaban J connectivity index is 2.86. The standard InChI is InChI=1S/C14H24N2O4/c1-8(2)6-16(7-12(15)17)13(18)10-4-9(3)5-11(10)14(19)20/h8-11H,4-7H2,1-3H3,(H2,15,17)(H,19,20)/t9?,10-,11+/m0/s1. The number of carbonyl (C=O) groups is 3. The molecule has 0 aromatic heterocycles. The Kier molecular flexibility index (Phi) is 5.53. The molecule has 0 heterocycles. The van der Waals surface area contributed by atoms with Gasteiger partial charge in [-0.2, -0.15) is 0 Å². The smallest absolute Gasteiger partial charge is 0.307 e. The van der Waals surface area contributed by atoms with Crippen LogP contribution in [0.1, 0.15) is 33.6 Å². The summed E-state index contributed by atoms with van der Waals surface area (Å²) in [4.78, 5) is 36.3. The first kappa shape index (κ1) is 16.5. The van der Waals surface area contributed by atoms with E-state index in [9.17, 15) is 19.5 Å². The van der Waals surface area contributed by atoms with E-state index in [1.807, 2.05) is 20.8 Å². The average molecular weight is 284 g/mol. The zero-order valence-electron chi connectivity index (χ0n) is 12.3. The van der Waals surface area contributed by atoms with E-state index in [2.05, 4.69) is 0 Å². The van der Waals surface area contributed by atoms with Crippen LogP contribution in [-0.2, 0) is 14.4 Å². The number of carbonyl (C=O) groups excluding carboxylic acids is 2. The molecule has 6 heteroatoms. The molecular weight excluding hydrogens is 260 g/mol. The molecule has 0 aliphatic heterocycles. The maximum Gasteiger partial charge on any atom is 0.307 e. The van der Waals surface area contributed by atoms with E-state index < -0.39 is 23.7 Å². The molecule has 0 spiro atoms. The van der Waals surface area contributed by atoms with Gasteiger partial charge >= 0.3 is 5.97 Å². The van der Waals surface area contributed by atoms with Crippen molar-refractivity contribution in [2.45, 2.75) is 33.6 Å². The molecule has 2 amide bonds. The predicted molar refractivity (Wildman–Crippen MR) is 73.6 cm³/mol.